The Labute approximate surface area is 146 Å². The largest absolute Gasteiger partial charge is 0.396 e. The van der Waals surface area contributed by atoms with Crippen LogP contribution < -0.4 is 4.72 Å². The summed E-state index contributed by atoms with van der Waals surface area (Å²) in [5, 5.41) is 9.42. The summed E-state index contributed by atoms with van der Waals surface area (Å²) in [5.41, 5.74) is -0.298. The normalized spacial score (nSPS) is 12.6. The molecule has 0 aliphatic rings. The van der Waals surface area contributed by atoms with Crippen molar-refractivity contribution in [3.8, 4) is 0 Å². The van der Waals surface area contributed by atoms with Crippen LogP contribution in [0, 0.1) is 5.41 Å². The maximum Gasteiger partial charge on any atom is 0.243 e. The van der Waals surface area contributed by atoms with Crippen LogP contribution in [0.5, 0.6) is 0 Å². The Balaban J connectivity index is 3.07. The van der Waals surface area contributed by atoms with Gasteiger partial charge in [-0.05, 0) is 36.8 Å². The van der Waals surface area contributed by atoms with Crippen LogP contribution in [0.1, 0.15) is 33.1 Å². The number of benzene rings is 1. The molecule has 22 heavy (non-hydrogen) atoms. The molecule has 0 aromatic heterocycles. The van der Waals surface area contributed by atoms with Gasteiger partial charge in [-0.15, -0.1) is 0 Å². The minimum absolute atomic E-state index is 0.00582. The van der Waals surface area contributed by atoms with Gasteiger partial charge in [-0.1, -0.05) is 48.7 Å². The molecule has 1 aromatic rings. The second-order valence-corrected chi connectivity index (χ2v) is 8.16. The summed E-state index contributed by atoms with van der Waals surface area (Å²) in [6, 6.07) is 2.67. The molecule has 0 fully saturated rings. The Morgan fingerprint density at radius 3 is 2.05 bits per heavy atom. The van der Waals surface area contributed by atoms with Crippen molar-refractivity contribution < 1.29 is 13.5 Å². The van der Waals surface area contributed by atoms with Gasteiger partial charge in [-0.3, -0.25) is 0 Å². The van der Waals surface area contributed by atoms with Gasteiger partial charge in [-0.2, -0.15) is 0 Å². The summed E-state index contributed by atoms with van der Waals surface area (Å²) in [6.45, 7) is 4.15. The molecular formula is C14H20Cl3NO3S. The highest BCUT2D eigenvalue weighted by molar-refractivity contribution is 7.89. The summed E-state index contributed by atoms with van der Waals surface area (Å²) in [4.78, 5) is -0.176. The molecule has 0 unspecified atom stereocenters. The standard InChI is InChI=1S/C14H20Cl3NO3S/c1-3-14(4-2,5-6-19)9-18-22(20,21)13-11(16)7-10(15)8-12(13)17/h7-8,18-19H,3-6,9H2,1-2H3. The predicted octanol–water partition coefficient (Wildman–Crippen LogP) is 4.11. The lowest BCUT2D eigenvalue weighted by atomic mass is 9.80. The minimum Gasteiger partial charge on any atom is -0.396 e. The third kappa shape index (κ3) is 4.73. The number of hydrogen-bond donors (Lipinski definition) is 2. The van der Waals surface area contributed by atoms with Gasteiger partial charge in [0.1, 0.15) is 4.90 Å². The van der Waals surface area contributed by atoms with Crippen LogP contribution >= 0.6 is 34.8 Å². The first-order chi connectivity index (χ1) is 10.2. The molecule has 0 saturated carbocycles. The van der Waals surface area contributed by atoms with Gasteiger partial charge in [0.05, 0.1) is 10.0 Å². The van der Waals surface area contributed by atoms with Crippen LogP contribution in [-0.4, -0.2) is 26.7 Å². The second-order valence-electron chi connectivity index (χ2n) is 5.20. The number of nitrogens with one attached hydrogen (secondary N) is 1. The molecule has 2 N–H and O–H groups in total. The monoisotopic (exact) mass is 387 g/mol. The number of hydrogen-bond acceptors (Lipinski definition) is 3. The highest BCUT2D eigenvalue weighted by Gasteiger charge is 2.30. The molecule has 0 radical (unpaired) electrons. The van der Waals surface area contributed by atoms with E-state index in [4.69, 9.17) is 34.8 Å². The molecule has 0 saturated heterocycles. The molecular weight excluding hydrogens is 369 g/mol. The van der Waals surface area contributed by atoms with Crippen LogP contribution in [0.2, 0.25) is 15.1 Å². The summed E-state index contributed by atoms with van der Waals surface area (Å²) in [5.74, 6) is 0. The smallest absolute Gasteiger partial charge is 0.243 e. The Morgan fingerprint density at radius 2 is 1.64 bits per heavy atom. The number of sulfonamides is 1. The van der Waals surface area contributed by atoms with E-state index in [0.717, 1.165) is 12.8 Å². The molecule has 0 spiro atoms. The summed E-state index contributed by atoms with van der Waals surface area (Å²) < 4.78 is 27.5. The summed E-state index contributed by atoms with van der Waals surface area (Å²) >= 11 is 17.7. The maximum atomic E-state index is 12.5. The number of aliphatic hydroxyl groups excluding tert-OH is 1. The van der Waals surface area contributed by atoms with Gasteiger partial charge in [0, 0.05) is 18.2 Å². The van der Waals surface area contributed by atoms with Crippen molar-refractivity contribution >= 4 is 44.8 Å². The van der Waals surface area contributed by atoms with E-state index in [1.54, 1.807) is 0 Å². The number of rotatable bonds is 8. The fourth-order valence-corrected chi connectivity index (χ4v) is 4.98. The van der Waals surface area contributed by atoms with E-state index in [2.05, 4.69) is 4.72 Å². The van der Waals surface area contributed by atoms with Gasteiger partial charge >= 0.3 is 0 Å². The SMILES string of the molecule is CCC(CC)(CCO)CNS(=O)(=O)c1c(Cl)cc(Cl)cc1Cl. The molecule has 8 heteroatoms. The van der Waals surface area contributed by atoms with Gasteiger partial charge in [-0.25, -0.2) is 13.1 Å². The molecule has 0 atom stereocenters. The van der Waals surface area contributed by atoms with Crippen LogP contribution in [0.15, 0.2) is 17.0 Å². The quantitative estimate of drug-likeness (QED) is 0.704. The van der Waals surface area contributed by atoms with Gasteiger partial charge in [0.2, 0.25) is 10.0 Å². The average molecular weight is 389 g/mol. The first-order valence-electron chi connectivity index (χ1n) is 6.96. The van der Waals surface area contributed by atoms with E-state index in [0.29, 0.717) is 6.42 Å². The van der Waals surface area contributed by atoms with Crippen LogP contribution in [0.25, 0.3) is 0 Å². The van der Waals surface area contributed by atoms with E-state index in [1.807, 2.05) is 13.8 Å². The van der Waals surface area contributed by atoms with E-state index >= 15 is 0 Å². The molecule has 0 heterocycles. The molecule has 1 aromatic carbocycles. The summed E-state index contributed by atoms with van der Waals surface area (Å²) in [6.07, 6.45) is 2.01. The first kappa shape index (κ1) is 20.0. The van der Waals surface area contributed by atoms with Crippen molar-refractivity contribution in [2.75, 3.05) is 13.2 Å². The Kier molecular flexibility index (Phi) is 7.43. The minimum atomic E-state index is -3.86. The van der Waals surface area contributed by atoms with Crippen molar-refractivity contribution in [2.24, 2.45) is 5.41 Å². The number of halogens is 3. The van der Waals surface area contributed by atoms with Crippen LogP contribution in [0.3, 0.4) is 0 Å². The third-order valence-corrected chi connectivity index (χ3v) is 6.55. The van der Waals surface area contributed by atoms with Gasteiger partial charge in [0.25, 0.3) is 0 Å². The van der Waals surface area contributed by atoms with E-state index in [1.165, 1.54) is 12.1 Å². The Hall–Kier alpha value is -0.0400. The van der Waals surface area contributed by atoms with Crippen molar-refractivity contribution in [1.82, 2.24) is 4.72 Å². The van der Waals surface area contributed by atoms with Gasteiger partial charge < -0.3 is 5.11 Å². The van der Waals surface area contributed by atoms with Crippen molar-refractivity contribution in [2.45, 2.75) is 38.0 Å². The van der Waals surface area contributed by atoms with E-state index in [9.17, 15) is 13.5 Å². The topological polar surface area (TPSA) is 66.4 Å². The fraction of sp³-hybridized carbons (Fsp3) is 0.571. The zero-order valence-electron chi connectivity index (χ0n) is 12.5. The Bertz CT molecular complexity index is 593. The van der Waals surface area contributed by atoms with E-state index in [-0.39, 0.29) is 38.5 Å². The molecule has 0 amide bonds. The molecule has 0 bridgehead atoms. The molecule has 126 valence electrons. The average Bonchev–Trinajstić information content (AvgIpc) is 2.42. The van der Waals surface area contributed by atoms with E-state index < -0.39 is 10.0 Å². The lowest BCUT2D eigenvalue weighted by Gasteiger charge is -2.31. The molecule has 0 aliphatic heterocycles. The number of aliphatic hydroxyl groups is 1. The highest BCUT2D eigenvalue weighted by atomic mass is 35.5. The van der Waals surface area contributed by atoms with Crippen LogP contribution in [-0.2, 0) is 10.0 Å². The predicted molar refractivity (Wildman–Crippen MR) is 91.4 cm³/mol. The second kappa shape index (κ2) is 8.18. The van der Waals surface area contributed by atoms with Crippen molar-refractivity contribution in [3.63, 3.8) is 0 Å². The van der Waals surface area contributed by atoms with Gasteiger partial charge in [0.15, 0.2) is 0 Å². The highest BCUT2D eigenvalue weighted by Crippen LogP contribution is 2.34. The maximum absolute atomic E-state index is 12.5. The first-order valence-corrected chi connectivity index (χ1v) is 9.58. The fourth-order valence-electron chi connectivity index (χ4n) is 2.29. The van der Waals surface area contributed by atoms with Crippen LogP contribution in [0.4, 0.5) is 0 Å². The lowest BCUT2D eigenvalue weighted by Crippen LogP contribution is -2.37. The lowest BCUT2D eigenvalue weighted by molar-refractivity contribution is 0.170. The molecule has 4 nitrogen and oxygen atoms in total. The van der Waals surface area contributed by atoms with Crippen molar-refractivity contribution in [3.05, 3.63) is 27.2 Å². The molecule has 0 aliphatic carbocycles. The summed E-state index contributed by atoms with van der Waals surface area (Å²) in [7, 11) is -3.86. The zero-order valence-corrected chi connectivity index (χ0v) is 15.6. The Morgan fingerprint density at radius 1 is 1.14 bits per heavy atom. The zero-order chi connectivity index (χ0) is 17.0. The van der Waals surface area contributed by atoms with Crippen molar-refractivity contribution in [1.29, 1.82) is 0 Å². The third-order valence-electron chi connectivity index (χ3n) is 4.01. The molecule has 1 rings (SSSR count).